The van der Waals surface area contributed by atoms with Crippen molar-refractivity contribution >= 4 is 0 Å². The van der Waals surface area contributed by atoms with Crippen molar-refractivity contribution in [3.05, 3.63) is 22.8 Å². The zero-order valence-corrected chi connectivity index (χ0v) is 12.8. The smallest absolute Gasteiger partial charge is 0.361 e. The van der Waals surface area contributed by atoms with Gasteiger partial charge >= 0.3 is 6.18 Å². The number of rotatable bonds is 4. The predicted octanol–water partition coefficient (Wildman–Crippen LogP) is 1.72. The van der Waals surface area contributed by atoms with Gasteiger partial charge in [-0.05, 0) is 31.5 Å². The van der Waals surface area contributed by atoms with Gasteiger partial charge in [0.1, 0.15) is 5.76 Å². The Morgan fingerprint density at radius 2 is 2.17 bits per heavy atom. The van der Waals surface area contributed by atoms with Gasteiger partial charge in [0.25, 0.3) is 0 Å². The minimum absolute atomic E-state index is 0.0886. The Kier molecular flexibility index (Phi) is 3.86. The van der Waals surface area contributed by atoms with Gasteiger partial charge in [-0.25, -0.2) is 0 Å². The van der Waals surface area contributed by atoms with Crippen LogP contribution in [-0.4, -0.2) is 38.1 Å². The number of nitrogens with one attached hydrogen (secondary N) is 1. The van der Waals surface area contributed by atoms with Gasteiger partial charge in [0, 0.05) is 12.0 Å². The number of aromatic nitrogens is 5. The molecule has 2 aromatic heterocycles. The summed E-state index contributed by atoms with van der Waals surface area (Å²) >= 11 is 0. The van der Waals surface area contributed by atoms with Crippen molar-refractivity contribution in [3.8, 4) is 0 Å². The number of hydrogen-bond acceptors (Lipinski definition) is 6. The minimum atomic E-state index is -4.47. The molecular formula is C13H17F3N6O. The van der Waals surface area contributed by atoms with E-state index in [1.54, 1.807) is 6.92 Å². The van der Waals surface area contributed by atoms with Gasteiger partial charge in [-0.15, -0.1) is 10.2 Å². The maximum absolute atomic E-state index is 13.5. The van der Waals surface area contributed by atoms with E-state index in [0.717, 1.165) is 10.4 Å². The van der Waals surface area contributed by atoms with Crippen molar-refractivity contribution < 1.29 is 17.7 Å². The lowest BCUT2D eigenvalue weighted by atomic mass is 9.96. The second-order valence-corrected chi connectivity index (χ2v) is 5.60. The van der Waals surface area contributed by atoms with Crippen molar-refractivity contribution in [3.63, 3.8) is 0 Å². The highest BCUT2D eigenvalue weighted by atomic mass is 19.4. The number of alkyl halides is 3. The van der Waals surface area contributed by atoms with Crippen molar-refractivity contribution in [1.82, 2.24) is 30.7 Å². The van der Waals surface area contributed by atoms with Gasteiger partial charge in [0.05, 0.1) is 12.2 Å². The van der Waals surface area contributed by atoms with E-state index < -0.39 is 11.7 Å². The van der Waals surface area contributed by atoms with Crippen molar-refractivity contribution in [2.45, 2.75) is 51.4 Å². The standard InChI is InChI=1S/C13H17F3N6O/c1-3-10-9(8(2)20-23-10)7-22-19-11(18-21-22)12(13(14,15)16)5-4-6-17-12/h17H,3-7H2,1-2H3. The molecule has 7 nitrogen and oxygen atoms in total. The fourth-order valence-electron chi connectivity index (χ4n) is 2.84. The summed E-state index contributed by atoms with van der Waals surface area (Å²) in [6.45, 7) is 4.13. The molecule has 1 unspecified atom stereocenters. The Bertz CT molecular complexity index is 686. The van der Waals surface area contributed by atoms with Crippen LogP contribution in [0.25, 0.3) is 0 Å². The highest BCUT2D eigenvalue weighted by Gasteiger charge is 2.60. The van der Waals surface area contributed by atoms with Gasteiger partial charge in [-0.1, -0.05) is 12.1 Å². The van der Waals surface area contributed by atoms with E-state index in [1.165, 1.54) is 0 Å². The molecular weight excluding hydrogens is 313 g/mol. The van der Waals surface area contributed by atoms with Crippen LogP contribution in [0.15, 0.2) is 4.52 Å². The van der Waals surface area contributed by atoms with Crippen LogP contribution in [0.1, 0.15) is 42.6 Å². The van der Waals surface area contributed by atoms with Gasteiger partial charge in [-0.3, -0.25) is 5.32 Å². The summed E-state index contributed by atoms with van der Waals surface area (Å²) in [5, 5.41) is 17.8. The molecule has 2 aromatic rings. The third-order valence-corrected chi connectivity index (χ3v) is 4.16. The number of aryl methyl sites for hydroxylation is 2. The fraction of sp³-hybridized carbons (Fsp3) is 0.692. The molecule has 0 bridgehead atoms. The van der Waals surface area contributed by atoms with Crippen LogP contribution in [0.3, 0.4) is 0 Å². The average Bonchev–Trinajstić information content (AvgIpc) is 3.20. The summed E-state index contributed by atoms with van der Waals surface area (Å²) in [4.78, 5) is 1.15. The molecule has 0 radical (unpaired) electrons. The maximum Gasteiger partial charge on any atom is 0.414 e. The first-order chi connectivity index (χ1) is 10.9. The summed E-state index contributed by atoms with van der Waals surface area (Å²) in [6.07, 6.45) is -3.52. The zero-order chi connectivity index (χ0) is 16.7. The van der Waals surface area contributed by atoms with E-state index in [-0.39, 0.29) is 25.3 Å². The number of halogens is 3. The van der Waals surface area contributed by atoms with E-state index in [0.29, 0.717) is 24.3 Å². The monoisotopic (exact) mass is 330 g/mol. The van der Waals surface area contributed by atoms with Crippen LogP contribution >= 0.6 is 0 Å². The first kappa shape index (κ1) is 15.9. The number of hydrogen-bond donors (Lipinski definition) is 1. The van der Waals surface area contributed by atoms with Gasteiger partial charge in [0.15, 0.2) is 5.54 Å². The highest BCUT2D eigenvalue weighted by Crippen LogP contribution is 2.43. The topological polar surface area (TPSA) is 81.7 Å². The number of nitrogens with zero attached hydrogens (tertiary/aromatic N) is 5. The van der Waals surface area contributed by atoms with E-state index in [1.807, 2.05) is 6.92 Å². The lowest BCUT2D eigenvalue weighted by Gasteiger charge is -2.28. The molecule has 0 aliphatic carbocycles. The van der Waals surface area contributed by atoms with E-state index in [4.69, 9.17) is 4.52 Å². The van der Waals surface area contributed by atoms with Crippen molar-refractivity contribution in [2.24, 2.45) is 0 Å². The molecule has 126 valence electrons. The summed E-state index contributed by atoms with van der Waals surface area (Å²) in [5.74, 6) is 0.334. The van der Waals surface area contributed by atoms with E-state index >= 15 is 0 Å². The molecule has 10 heteroatoms. The highest BCUT2D eigenvalue weighted by molar-refractivity contribution is 5.22. The molecule has 0 spiro atoms. The van der Waals surface area contributed by atoms with Crippen molar-refractivity contribution in [1.29, 1.82) is 0 Å². The summed E-state index contributed by atoms with van der Waals surface area (Å²) < 4.78 is 45.6. The van der Waals surface area contributed by atoms with Crippen LogP contribution in [-0.2, 0) is 18.5 Å². The second-order valence-electron chi connectivity index (χ2n) is 5.60. The fourth-order valence-corrected chi connectivity index (χ4v) is 2.84. The summed E-state index contributed by atoms with van der Waals surface area (Å²) in [6, 6.07) is 0. The molecule has 1 N–H and O–H groups in total. The van der Waals surface area contributed by atoms with Crippen LogP contribution < -0.4 is 5.32 Å². The first-order valence-corrected chi connectivity index (χ1v) is 7.41. The lowest BCUT2D eigenvalue weighted by Crippen LogP contribution is -2.50. The van der Waals surface area contributed by atoms with Gasteiger partial charge < -0.3 is 4.52 Å². The van der Waals surface area contributed by atoms with E-state index in [2.05, 4.69) is 25.9 Å². The molecule has 1 saturated heterocycles. The zero-order valence-electron chi connectivity index (χ0n) is 12.8. The molecule has 0 amide bonds. The maximum atomic E-state index is 13.5. The van der Waals surface area contributed by atoms with E-state index in [9.17, 15) is 13.2 Å². The van der Waals surface area contributed by atoms with Crippen LogP contribution in [0.2, 0.25) is 0 Å². The van der Waals surface area contributed by atoms with Crippen LogP contribution in [0.4, 0.5) is 13.2 Å². The molecule has 3 rings (SSSR count). The number of tetrazole rings is 1. The molecule has 0 saturated carbocycles. The quantitative estimate of drug-likeness (QED) is 0.919. The minimum Gasteiger partial charge on any atom is -0.361 e. The predicted molar refractivity (Wildman–Crippen MR) is 72.5 cm³/mol. The molecule has 1 fully saturated rings. The van der Waals surface area contributed by atoms with Crippen LogP contribution in [0.5, 0.6) is 0 Å². The molecule has 1 aliphatic heterocycles. The Labute approximate surface area is 130 Å². The molecule has 1 aliphatic rings. The SMILES string of the molecule is CCc1onc(C)c1Cn1nnc(C2(C(F)(F)F)CCCN2)n1. The molecule has 1 atom stereocenters. The third-order valence-electron chi connectivity index (χ3n) is 4.16. The lowest BCUT2D eigenvalue weighted by molar-refractivity contribution is -0.198. The molecule has 0 aromatic carbocycles. The normalized spacial score (nSPS) is 22.0. The summed E-state index contributed by atoms with van der Waals surface area (Å²) in [5.41, 5.74) is -0.759. The second kappa shape index (κ2) is 5.59. The Hall–Kier alpha value is -1.97. The largest absolute Gasteiger partial charge is 0.414 e. The Balaban J connectivity index is 1.90. The van der Waals surface area contributed by atoms with Crippen molar-refractivity contribution in [2.75, 3.05) is 6.54 Å². The molecule has 3 heterocycles. The Morgan fingerprint density at radius 1 is 1.39 bits per heavy atom. The average molecular weight is 330 g/mol. The Morgan fingerprint density at radius 3 is 2.78 bits per heavy atom. The van der Waals surface area contributed by atoms with Crippen LogP contribution in [0, 0.1) is 6.92 Å². The van der Waals surface area contributed by atoms with Gasteiger partial charge in [-0.2, -0.15) is 18.0 Å². The molecule has 23 heavy (non-hydrogen) atoms. The first-order valence-electron chi connectivity index (χ1n) is 7.41. The van der Waals surface area contributed by atoms with Gasteiger partial charge in [0.2, 0.25) is 5.82 Å². The third kappa shape index (κ3) is 2.60. The summed E-state index contributed by atoms with van der Waals surface area (Å²) in [7, 11) is 0.